The maximum Gasteiger partial charge on any atom is 0.322 e. The number of aliphatic hydroxyl groups is 1. The Morgan fingerprint density at radius 3 is 2.50 bits per heavy atom. The summed E-state index contributed by atoms with van der Waals surface area (Å²) in [6.07, 6.45) is -1.03. The lowest BCUT2D eigenvalue weighted by Gasteiger charge is -2.21. The molecule has 7 heteroatoms. The highest BCUT2D eigenvalue weighted by molar-refractivity contribution is 7.89. The van der Waals surface area contributed by atoms with E-state index < -0.39 is 28.1 Å². The number of carboxylic acid groups (broad SMARTS) is 1. The molecule has 2 rings (SSSR count). The normalized spacial score (nSPS) is 23.9. The minimum absolute atomic E-state index is 0.0564. The van der Waals surface area contributed by atoms with Gasteiger partial charge in [-0.05, 0) is 37.1 Å². The third kappa shape index (κ3) is 2.56. The van der Waals surface area contributed by atoms with Crippen LogP contribution < -0.4 is 0 Å². The lowest BCUT2D eigenvalue weighted by molar-refractivity contribution is -0.140. The molecular weight excluding hydrogens is 282 g/mol. The zero-order chi connectivity index (χ0) is 15.1. The average Bonchev–Trinajstić information content (AvgIpc) is 2.75. The average molecular weight is 299 g/mol. The second kappa shape index (κ2) is 5.16. The van der Waals surface area contributed by atoms with Crippen molar-refractivity contribution in [2.75, 3.05) is 6.54 Å². The van der Waals surface area contributed by atoms with E-state index in [1.165, 1.54) is 12.1 Å². The molecule has 1 aromatic rings. The van der Waals surface area contributed by atoms with Crippen LogP contribution in [0.1, 0.15) is 17.5 Å². The molecule has 0 aromatic heterocycles. The summed E-state index contributed by atoms with van der Waals surface area (Å²) in [5, 5.41) is 18.7. The minimum Gasteiger partial charge on any atom is -0.480 e. The van der Waals surface area contributed by atoms with Crippen LogP contribution in [0.3, 0.4) is 0 Å². The van der Waals surface area contributed by atoms with Gasteiger partial charge in [0, 0.05) is 13.0 Å². The van der Waals surface area contributed by atoms with Crippen molar-refractivity contribution < 1.29 is 23.4 Å². The Hall–Kier alpha value is -1.44. The summed E-state index contributed by atoms with van der Waals surface area (Å²) < 4.78 is 25.9. The molecule has 0 amide bonds. The monoisotopic (exact) mass is 299 g/mol. The van der Waals surface area contributed by atoms with Crippen molar-refractivity contribution in [1.29, 1.82) is 0 Å². The molecule has 2 atom stereocenters. The Labute approximate surface area is 117 Å². The summed E-state index contributed by atoms with van der Waals surface area (Å²) in [4.78, 5) is 11.2. The SMILES string of the molecule is Cc1ccc(S(=O)(=O)N2C[C@@H](O)C[C@H]2C(=O)O)cc1C. The summed E-state index contributed by atoms with van der Waals surface area (Å²) >= 11 is 0. The molecule has 1 heterocycles. The van der Waals surface area contributed by atoms with Gasteiger partial charge in [-0.2, -0.15) is 4.31 Å². The minimum atomic E-state index is -3.91. The van der Waals surface area contributed by atoms with Gasteiger partial charge >= 0.3 is 5.97 Å². The summed E-state index contributed by atoms with van der Waals surface area (Å²) in [7, 11) is -3.91. The second-order valence-electron chi connectivity index (χ2n) is 5.06. The van der Waals surface area contributed by atoms with Gasteiger partial charge in [-0.3, -0.25) is 4.79 Å². The molecule has 20 heavy (non-hydrogen) atoms. The van der Waals surface area contributed by atoms with Crippen molar-refractivity contribution in [3.63, 3.8) is 0 Å². The summed E-state index contributed by atoms with van der Waals surface area (Å²) in [5.41, 5.74) is 1.78. The number of carbonyl (C=O) groups is 1. The Balaban J connectivity index is 2.43. The molecule has 1 aromatic carbocycles. The van der Waals surface area contributed by atoms with E-state index in [2.05, 4.69) is 0 Å². The van der Waals surface area contributed by atoms with Crippen LogP contribution in [0.4, 0.5) is 0 Å². The molecule has 6 nitrogen and oxygen atoms in total. The molecule has 0 saturated carbocycles. The van der Waals surface area contributed by atoms with E-state index in [-0.39, 0.29) is 17.9 Å². The zero-order valence-corrected chi connectivity index (χ0v) is 12.1. The van der Waals surface area contributed by atoms with Gasteiger partial charge in [0.2, 0.25) is 10.0 Å². The van der Waals surface area contributed by atoms with Crippen molar-refractivity contribution in [3.05, 3.63) is 29.3 Å². The molecule has 0 unspecified atom stereocenters. The topological polar surface area (TPSA) is 94.9 Å². The van der Waals surface area contributed by atoms with Crippen molar-refractivity contribution in [2.24, 2.45) is 0 Å². The first-order chi connectivity index (χ1) is 9.23. The fraction of sp³-hybridized carbons (Fsp3) is 0.462. The van der Waals surface area contributed by atoms with Gasteiger partial charge in [0.05, 0.1) is 11.0 Å². The number of rotatable bonds is 3. The van der Waals surface area contributed by atoms with E-state index in [4.69, 9.17) is 5.11 Å². The summed E-state index contributed by atoms with van der Waals surface area (Å²) in [5.74, 6) is -1.24. The van der Waals surface area contributed by atoms with E-state index in [9.17, 15) is 18.3 Å². The molecule has 1 aliphatic rings. The van der Waals surface area contributed by atoms with E-state index in [0.29, 0.717) is 0 Å². The second-order valence-corrected chi connectivity index (χ2v) is 6.95. The van der Waals surface area contributed by atoms with Crippen LogP contribution in [-0.4, -0.2) is 47.6 Å². The first-order valence-corrected chi connectivity index (χ1v) is 7.67. The number of nitrogens with zero attached hydrogens (tertiary/aromatic N) is 1. The predicted molar refractivity (Wildman–Crippen MR) is 71.9 cm³/mol. The number of aliphatic hydroxyl groups excluding tert-OH is 1. The van der Waals surface area contributed by atoms with Gasteiger partial charge in [-0.15, -0.1) is 0 Å². The highest BCUT2D eigenvalue weighted by atomic mass is 32.2. The molecule has 0 radical (unpaired) electrons. The number of hydrogen-bond donors (Lipinski definition) is 2. The molecule has 1 saturated heterocycles. The molecule has 1 fully saturated rings. The van der Waals surface area contributed by atoms with Crippen molar-refractivity contribution in [2.45, 2.75) is 37.3 Å². The van der Waals surface area contributed by atoms with Gasteiger partial charge in [0.15, 0.2) is 0 Å². The van der Waals surface area contributed by atoms with Gasteiger partial charge < -0.3 is 10.2 Å². The number of benzene rings is 1. The number of aliphatic carboxylic acids is 1. The van der Waals surface area contributed by atoms with Crippen LogP contribution in [0.25, 0.3) is 0 Å². The maximum atomic E-state index is 12.5. The predicted octanol–water partition coefficient (Wildman–Crippen LogP) is 0.512. The number of hydrogen-bond acceptors (Lipinski definition) is 4. The maximum absolute atomic E-state index is 12.5. The molecule has 0 bridgehead atoms. The first-order valence-electron chi connectivity index (χ1n) is 6.23. The van der Waals surface area contributed by atoms with Crippen LogP contribution in [0.15, 0.2) is 23.1 Å². The van der Waals surface area contributed by atoms with Crippen LogP contribution >= 0.6 is 0 Å². The standard InChI is InChI=1S/C13H17NO5S/c1-8-3-4-11(5-9(8)2)20(18,19)14-7-10(15)6-12(14)13(16)17/h3-5,10,12,15H,6-7H2,1-2H3,(H,16,17)/t10-,12-/m0/s1. The summed E-state index contributed by atoms with van der Waals surface area (Å²) in [6.45, 7) is 3.47. The first kappa shape index (κ1) is 15.0. The number of sulfonamides is 1. The van der Waals surface area contributed by atoms with Crippen LogP contribution in [0, 0.1) is 13.8 Å². The van der Waals surface area contributed by atoms with Gasteiger partial charge in [0.25, 0.3) is 0 Å². The lowest BCUT2D eigenvalue weighted by atomic mass is 10.1. The highest BCUT2D eigenvalue weighted by Crippen LogP contribution is 2.27. The lowest BCUT2D eigenvalue weighted by Crippen LogP contribution is -2.40. The Morgan fingerprint density at radius 2 is 1.95 bits per heavy atom. The third-order valence-corrected chi connectivity index (χ3v) is 5.47. The largest absolute Gasteiger partial charge is 0.480 e. The Kier molecular flexibility index (Phi) is 3.86. The molecule has 1 aliphatic heterocycles. The third-order valence-electron chi connectivity index (χ3n) is 3.60. The van der Waals surface area contributed by atoms with Crippen molar-refractivity contribution in [3.8, 4) is 0 Å². The Bertz CT molecular complexity index is 640. The smallest absolute Gasteiger partial charge is 0.322 e. The van der Waals surface area contributed by atoms with E-state index in [1.54, 1.807) is 13.0 Å². The number of aryl methyl sites for hydroxylation is 2. The Morgan fingerprint density at radius 1 is 1.30 bits per heavy atom. The van der Waals surface area contributed by atoms with E-state index >= 15 is 0 Å². The van der Waals surface area contributed by atoms with Crippen molar-refractivity contribution in [1.82, 2.24) is 4.31 Å². The fourth-order valence-electron chi connectivity index (χ4n) is 2.28. The van der Waals surface area contributed by atoms with Gasteiger partial charge in [-0.25, -0.2) is 8.42 Å². The van der Waals surface area contributed by atoms with E-state index in [0.717, 1.165) is 15.4 Å². The van der Waals surface area contributed by atoms with Crippen LogP contribution in [0.5, 0.6) is 0 Å². The number of carboxylic acids is 1. The van der Waals surface area contributed by atoms with Crippen molar-refractivity contribution >= 4 is 16.0 Å². The van der Waals surface area contributed by atoms with Gasteiger partial charge in [0.1, 0.15) is 6.04 Å². The zero-order valence-electron chi connectivity index (χ0n) is 11.3. The van der Waals surface area contributed by atoms with Gasteiger partial charge in [-0.1, -0.05) is 6.07 Å². The molecule has 0 spiro atoms. The highest BCUT2D eigenvalue weighted by Gasteiger charge is 2.43. The summed E-state index contributed by atoms with van der Waals surface area (Å²) in [6, 6.07) is 3.46. The van der Waals surface area contributed by atoms with E-state index in [1.807, 2.05) is 6.92 Å². The van der Waals surface area contributed by atoms with Crippen LogP contribution in [0.2, 0.25) is 0 Å². The molecule has 0 aliphatic carbocycles. The molecule has 110 valence electrons. The number of β-amino-alcohol motifs (C(OH)–C–C–N with tert-alkyl or cyclic N) is 1. The fourth-order valence-corrected chi connectivity index (χ4v) is 4.00. The molecule has 2 N–H and O–H groups in total. The quantitative estimate of drug-likeness (QED) is 0.848. The van der Waals surface area contributed by atoms with Crippen LogP contribution in [-0.2, 0) is 14.8 Å². The molecular formula is C13H17NO5S.